The molecule has 1 aliphatic rings. The minimum absolute atomic E-state index is 0.0234. The number of fused-ring (bicyclic) bond motifs is 1. The normalized spacial score (nSPS) is 16.6. The number of carbonyl (C=O) groups is 1. The number of hydrogen-bond acceptors (Lipinski definition) is 4. The van der Waals surface area contributed by atoms with Gasteiger partial charge in [-0.2, -0.15) is 0 Å². The first-order valence-corrected chi connectivity index (χ1v) is 11.5. The van der Waals surface area contributed by atoms with Crippen molar-refractivity contribution in [1.29, 1.82) is 0 Å². The molecule has 4 nitrogen and oxygen atoms in total. The minimum atomic E-state index is -0.315. The van der Waals surface area contributed by atoms with Gasteiger partial charge in [-0.15, -0.1) is 11.3 Å². The molecule has 164 valence electrons. The van der Waals surface area contributed by atoms with E-state index in [1.165, 1.54) is 35.6 Å². The van der Waals surface area contributed by atoms with E-state index in [4.69, 9.17) is 4.42 Å². The van der Waals surface area contributed by atoms with Crippen molar-refractivity contribution in [2.45, 2.75) is 38.6 Å². The van der Waals surface area contributed by atoms with Gasteiger partial charge in [-0.3, -0.25) is 4.79 Å². The zero-order chi connectivity index (χ0) is 22.2. The number of halogens is 2. The molecule has 7 heteroatoms. The summed E-state index contributed by atoms with van der Waals surface area (Å²) in [5, 5.41) is 1.52. The summed E-state index contributed by atoms with van der Waals surface area (Å²) in [7, 11) is 0. The van der Waals surface area contributed by atoms with Crippen LogP contribution in [0.5, 0.6) is 0 Å². The predicted molar refractivity (Wildman–Crippen MR) is 121 cm³/mol. The van der Waals surface area contributed by atoms with Gasteiger partial charge >= 0.3 is 0 Å². The Morgan fingerprint density at radius 2 is 1.91 bits per heavy atom. The molecule has 1 saturated heterocycles. The molecule has 2 aromatic carbocycles. The molecule has 5 rings (SSSR count). The molecule has 4 aromatic rings. The zero-order valence-corrected chi connectivity index (χ0v) is 18.4. The van der Waals surface area contributed by atoms with E-state index in [1.54, 1.807) is 18.2 Å². The van der Waals surface area contributed by atoms with E-state index in [2.05, 4.69) is 4.98 Å². The fourth-order valence-electron chi connectivity index (χ4n) is 4.39. The average molecular weight is 453 g/mol. The molecule has 0 bridgehead atoms. The minimum Gasteiger partial charge on any atom is -0.461 e. The van der Waals surface area contributed by atoms with E-state index in [1.807, 2.05) is 17.9 Å². The van der Waals surface area contributed by atoms with Crippen LogP contribution in [0.4, 0.5) is 8.78 Å². The predicted octanol–water partition coefficient (Wildman–Crippen LogP) is 6.38. The summed E-state index contributed by atoms with van der Waals surface area (Å²) in [6.45, 7) is 2.52. The number of aryl methyl sites for hydroxylation is 1. The highest BCUT2D eigenvalue weighted by Crippen LogP contribution is 2.33. The van der Waals surface area contributed by atoms with Crippen LogP contribution in [0.1, 0.15) is 40.5 Å². The monoisotopic (exact) mass is 452 g/mol. The van der Waals surface area contributed by atoms with Gasteiger partial charge in [-0.05, 0) is 68.1 Å². The molecule has 0 saturated carbocycles. The Labute approximate surface area is 188 Å². The maximum Gasteiger partial charge on any atom is 0.274 e. The van der Waals surface area contributed by atoms with Crippen molar-refractivity contribution in [1.82, 2.24) is 9.88 Å². The topological polar surface area (TPSA) is 46.3 Å². The maximum atomic E-state index is 13.6. The van der Waals surface area contributed by atoms with Crippen LogP contribution in [0.3, 0.4) is 0 Å². The standard InChI is InChI=1S/C25H22F2N2O2S/c1-15-28-23(24(32-15)16-5-7-18(26)8-6-16)25(30)29-11-3-2-4-20(29)14-21-13-17-12-19(27)9-10-22(17)31-21/h5-10,12-13,20H,2-4,11,14H2,1H3. The van der Waals surface area contributed by atoms with E-state index in [-0.39, 0.29) is 23.6 Å². The number of nitrogens with zero attached hydrogens (tertiary/aromatic N) is 2. The van der Waals surface area contributed by atoms with Crippen molar-refractivity contribution in [3.63, 3.8) is 0 Å². The Morgan fingerprint density at radius 1 is 1.12 bits per heavy atom. The number of amides is 1. The lowest BCUT2D eigenvalue weighted by Gasteiger charge is -2.35. The molecular weight excluding hydrogens is 430 g/mol. The van der Waals surface area contributed by atoms with Gasteiger partial charge in [-0.1, -0.05) is 12.1 Å². The molecule has 0 spiro atoms. The number of carbonyl (C=O) groups excluding carboxylic acids is 1. The second-order valence-corrected chi connectivity index (χ2v) is 9.37. The lowest BCUT2D eigenvalue weighted by Crippen LogP contribution is -2.45. The lowest BCUT2D eigenvalue weighted by molar-refractivity contribution is 0.0603. The van der Waals surface area contributed by atoms with E-state index in [9.17, 15) is 13.6 Å². The van der Waals surface area contributed by atoms with E-state index < -0.39 is 0 Å². The van der Waals surface area contributed by atoms with Gasteiger partial charge < -0.3 is 9.32 Å². The van der Waals surface area contributed by atoms with Crippen LogP contribution in [0.15, 0.2) is 52.9 Å². The smallest absolute Gasteiger partial charge is 0.274 e. The zero-order valence-electron chi connectivity index (χ0n) is 17.6. The third-order valence-electron chi connectivity index (χ3n) is 5.90. The van der Waals surface area contributed by atoms with Crippen molar-refractivity contribution < 1.29 is 18.0 Å². The first-order chi connectivity index (χ1) is 15.5. The molecule has 1 fully saturated rings. The fourth-order valence-corrected chi connectivity index (χ4v) is 5.30. The van der Waals surface area contributed by atoms with Crippen LogP contribution in [-0.2, 0) is 6.42 Å². The molecule has 0 N–H and O–H groups in total. The van der Waals surface area contributed by atoms with Crippen LogP contribution in [0.25, 0.3) is 21.4 Å². The molecule has 32 heavy (non-hydrogen) atoms. The summed E-state index contributed by atoms with van der Waals surface area (Å²) in [4.78, 5) is 20.8. The molecule has 3 heterocycles. The van der Waals surface area contributed by atoms with Crippen molar-refractivity contribution in [2.24, 2.45) is 0 Å². The third kappa shape index (κ3) is 4.05. The molecule has 1 atom stereocenters. The highest BCUT2D eigenvalue weighted by molar-refractivity contribution is 7.15. The van der Waals surface area contributed by atoms with Crippen molar-refractivity contribution in [3.05, 3.63) is 76.6 Å². The molecule has 2 aromatic heterocycles. The maximum absolute atomic E-state index is 13.6. The van der Waals surface area contributed by atoms with Crippen LogP contribution in [-0.4, -0.2) is 28.4 Å². The first kappa shape index (κ1) is 20.8. The number of piperidine rings is 1. The summed E-state index contributed by atoms with van der Waals surface area (Å²) in [6.07, 6.45) is 3.40. The molecule has 0 aliphatic carbocycles. The molecule has 1 aliphatic heterocycles. The van der Waals surface area contributed by atoms with Gasteiger partial charge in [0.1, 0.15) is 28.7 Å². The van der Waals surface area contributed by atoms with Crippen LogP contribution < -0.4 is 0 Å². The summed E-state index contributed by atoms with van der Waals surface area (Å²) in [6, 6.07) is 12.5. The van der Waals surface area contributed by atoms with Crippen molar-refractivity contribution >= 4 is 28.2 Å². The van der Waals surface area contributed by atoms with Gasteiger partial charge in [0, 0.05) is 24.4 Å². The molecule has 1 unspecified atom stereocenters. The Hall–Kier alpha value is -3.06. The average Bonchev–Trinajstić information content (AvgIpc) is 3.36. The second kappa shape index (κ2) is 8.47. The molecule has 0 radical (unpaired) electrons. The van der Waals surface area contributed by atoms with Crippen molar-refractivity contribution in [3.8, 4) is 10.4 Å². The summed E-state index contributed by atoms with van der Waals surface area (Å²) >= 11 is 1.44. The first-order valence-electron chi connectivity index (χ1n) is 10.7. The fraction of sp³-hybridized carbons (Fsp3) is 0.280. The lowest BCUT2D eigenvalue weighted by atomic mass is 9.97. The van der Waals surface area contributed by atoms with Gasteiger partial charge in [0.05, 0.1) is 9.88 Å². The molecule has 1 amide bonds. The number of hydrogen-bond donors (Lipinski definition) is 0. The largest absolute Gasteiger partial charge is 0.461 e. The second-order valence-electron chi connectivity index (χ2n) is 8.16. The van der Waals surface area contributed by atoms with E-state index in [0.29, 0.717) is 24.2 Å². The van der Waals surface area contributed by atoms with E-state index >= 15 is 0 Å². The van der Waals surface area contributed by atoms with Gasteiger partial charge in [0.2, 0.25) is 0 Å². The summed E-state index contributed by atoms with van der Waals surface area (Å²) in [5.74, 6) is 0.0141. The number of furan rings is 1. The van der Waals surface area contributed by atoms with Crippen LogP contribution >= 0.6 is 11.3 Å². The Bertz CT molecular complexity index is 1280. The third-order valence-corrected chi connectivity index (χ3v) is 6.92. The SMILES string of the molecule is Cc1nc(C(=O)N2CCCCC2Cc2cc3cc(F)ccc3o2)c(-c2ccc(F)cc2)s1. The highest BCUT2D eigenvalue weighted by atomic mass is 32.1. The Morgan fingerprint density at radius 3 is 2.72 bits per heavy atom. The summed E-state index contributed by atoms with van der Waals surface area (Å²) < 4.78 is 32.9. The Balaban J connectivity index is 1.43. The number of likely N-dealkylation sites (tertiary alicyclic amines) is 1. The van der Waals surface area contributed by atoms with Gasteiger partial charge in [0.25, 0.3) is 5.91 Å². The summed E-state index contributed by atoms with van der Waals surface area (Å²) in [5.41, 5.74) is 1.84. The number of rotatable bonds is 4. The number of benzene rings is 2. The van der Waals surface area contributed by atoms with Crippen LogP contribution in [0.2, 0.25) is 0 Å². The molecular formula is C25H22F2N2O2S. The number of thiazole rings is 1. The quantitative estimate of drug-likeness (QED) is 0.361. The number of aromatic nitrogens is 1. The highest BCUT2D eigenvalue weighted by Gasteiger charge is 2.31. The Kier molecular flexibility index (Phi) is 5.51. The van der Waals surface area contributed by atoms with Crippen molar-refractivity contribution in [2.75, 3.05) is 6.54 Å². The van der Waals surface area contributed by atoms with Gasteiger partial charge in [0.15, 0.2) is 0 Å². The van der Waals surface area contributed by atoms with E-state index in [0.717, 1.165) is 45.9 Å². The van der Waals surface area contributed by atoms with Crippen LogP contribution in [0, 0.1) is 18.6 Å². The van der Waals surface area contributed by atoms with Gasteiger partial charge in [-0.25, -0.2) is 13.8 Å².